The first kappa shape index (κ1) is 19.3. The average Bonchev–Trinajstić information content (AvgIpc) is 3.32. The molecule has 0 radical (unpaired) electrons. The summed E-state index contributed by atoms with van der Waals surface area (Å²) in [4.78, 5) is 26.1. The molecule has 1 aliphatic rings. The Hall–Kier alpha value is -2.44. The molecular formula is C18H17AsN2O5S. The first-order valence-corrected chi connectivity index (χ1v) is 10.1. The van der Waals surface area contributed by atoms with Crippen molar-refractivity contribution >= 4 is 43.8 Å². The van der Waals surface area contributed by atoms with Crippen LogP contribution < -0.4 is 3.66 Å². The molecule has 0 aliphatic carbocycles. The minimum atomic E-state index is -0.278. The molecule has 0 saturated heterocycles. The van der Waals surface area contributed by atoms with Gasteiger partial charge in [-0.3, -0.25) is 0 Å². The van der Waals surface area contributed by atoms with Gasteiger partial charge in [0.2, 0.25) is 0 Å². The van der Waals surface area contributed by atoms with Crippen molar-refractivity contribution in [3.05, 3.63) is 52.7 Å². The van der Waals surface area contributed by atoms with Gasteiger partial charge in [0, 0.05) is 0 Å². The number of ether oxygens (including phenoxy) is 2. The molecule has 3 heterocycles. The van der Waals surface area contributed by atoms with Gasteiger partial charge >= 0.3 is 117 Å². The number of hydrogen-bond donors (Lipinski definition) is 0. The van der Waals surface area contributed by atoms with E-state index in [-0.39, 0.29) is 18.4 Å². The van der Waals surface area contributed by atoms with Gasteiger partial charge in [0.1, 0.15) is 6.61 Å². The number of rotatable bonds is 4. The van der Waals surface area contributed by atoms with Gasteiger partial charge in [0.05, 0.1) is 5.56 Å². The minimum Gasteiger partial charge on any atom is -0.457 e. The quantitative estimate of drug-likeness (QED) is 0.442. The van der Waals surface area contributed by atoms with E-state index in [1.807, 2.05) is 29.6 Å². The van der Waals surface area contributed by atoms with Crippen molar-refractivity contribution in [3.63, 3.8) is 0 Å². The summed E-state index contributed by atoms with van der Waals surface area (Å²) in [5.41, 5.74) is 2.73. The number of aromatic nitrogens is 2. The summed E-state index contributed by atoms with van der Waals surface area (Å²) in [6, 6.07) is 9.38. The fraction of sp³-hybridized carbons (Fsp3) is 0.222. The van der Waals surface area contributed by atoms with Crippen LogP contribution in [0.15, 0.2) is 40.2 Å². The normalized spacial score (nSPS) is 12.0. The Morgan fingerprint density at radius 3 is 2.93 bits per heavy atom. The van der Waals surface area contributed by atoms with Crippen molar-refractivity contribution in [2.75, 3.05) is 7.11 Å². The van der Waals surface area contributed by atoms with Crippen LogP contribution in [0.3, 0.4) is 0 Å². The maximum atomic E-state index is 11.0. The third-order valence-corrected chi connectivity index (χ3v) is 5.96. The van der Waals surface area contributed by atoms with Gasteiger partial charge in [-0.1, -0.05) is 12.1 Å². The summed E-state index contributed by atoms with van der Waals surface area (Å²) < 4.78 is 15.7. The van der Waals surface area contributed by atoms with Crippen molar-refractivity contribution in [2.24, 2.45) is 0 Å². The number of benzene rings is 1. The summed E-state index contributed by atoms with van der Waals surface area (Å²) in [5.74, 6) is 0.557. The Morgan fingerprint density at radius 1 is 1.37 bits per heavy atom. The predicted octanol–water partition coefficient (Wildman–Crippen LogP) is 1.52. The van der Waals surface area contributed by atoms with Gasteiger partial charge in [0.25, 0.3) is 0 Å². The van der Waals surface area contributed by atoms with Gasteiger partial charge in [-0.25, -0.2) is 4.79 Å². The second-order valence-electron chi connectivity index (χ2n) is 5.56. The van der Waals surface area contributed by atoms with E-state index in [1.165, 1.54) is 27.6 Å². The SMILES string of the molecule is COC(=O)CCc1nc(-c2ccsc2[AsH2])no1.O=C1OCc2cccc1c2. The molecule has 0 spiro atoms. The molecule has 1 aromatic carbocycles. The summed E-state index contributed by atoms with van der Waals surface area (Å²) >= 11 is 3.20. The van der Waals surface area contributed by atoms with Crippen molar-refractivity contribution in [1.82, 2.24) is 10.1 Å². The molecule has 2 aromatic heterocycles. The molecule has 0 N–H and O–H groups in total. The molecule has 0 saturated carbocycles. The van der Waals surface area contributed by atoms with E-state index < -0.39 is 0 Å². The van der Waals surface area contributed by atoms with Crippen molar-refractivity contribution in [1.29, 1.82) is 0 Å². The van der Waals surface area contributed by atoms with Gasteiger partial charge in [-0.05, 0) is 17.7 Å². The molecule has 140 valence electrons. The monoisotopic (exact) mass is 448 g/mol. The second-order valence-corrected chi connectivity index (χ2v) is 8.60. The van der Waals surface area contributed by atoms with Crippen LogP contribution in [0.25, 0.3) is 11.4 Å². The fourth-order valence-corrected chi connectivity index (χ4v) is 3.91. The van der Waals surface area contributed by atoms with Crippen LogP contribution in [0.5, 0.6) is 0 Å². The fourth-order valence-electron chi connectivity index (χ4n) is 2.30. The number of methoxy groups -OCH3 is 1. The topological polar surface area (TPSA) is 91.5 Å². The second kappa shape index (κ2) is 8.97. The zero-order valence-corrected chi connectivity index (χ0v) is 17.7. The summed E-state index contributed by atoms with van der Waals surface area (Å²) in [5, 5.41) is 5.90. The molecule has 3 aromatic rings. The van der Waals surface area contributed by atoms with Crippen molar-refractivity contribution in [3.8, 4) is 11.4 Å². The number of carbonyl (C=O) groups excluding carboxylic acids is 2. The number of cyclic esters (lactones) is 1. The van der Waals surface area contributed by atoms with E-state index in [2.05, 4.69) is 14.9 Å². The summed E-state index contributed by atoms with van der Waals surface area (Å²) in [6.45, 7) is 0.423. The van der Waals surface area contributed by atoms with Gasteiger partial charge in [0.15, 0.2) is 0 Å². The number of esters is 2. The van der Waals surface area contributed by atoms with E-state index in [1.54, 1.807) is 17.4 Å². The molecule has 9 heteroatoms. The zero-order valence-electron chi connectivity index (χ0n) is 14.5. The van der Waals surface area contributed by atoms with Crippen molar-refractivity contribution in [2.45, 2.75) is 19.4 Å². The summed E-state index contributed by atoms with van der Waals surface area (Å²) in [6.07, 6.45) is 0.665. The smallest absolute Gasteiger partial charge is 0.338 e. The molecule has 27 heavy (non-hydrogen) atoms. The van der Waals surface area contributed by atoms with E-state index in [4.69, 9.17) is 9.26 Å². The zero-order chi connectivity index (χ0) is 19.2. The first-order chi connectivity index (χ1) is 13.1. The Labute approximate surface area is 168 Å². The van der Waals surface area contributed by atoms with Crippen LogP contribution >= 0.6 is 11.3 Å². The molecule has 2 bridgehead atoms. The van der Waals surface area contributed by atoms with Crippen LogP contribution in [0.2, 0.25) is 0 Å². The van der Waals surface area contributed by atoms with E-state index in [0.29, 0.717) is 30.3 Å². The van der Waals surface area contributed by atoms with Gasteiger partial charge < -0.3 is 4.74 Å². The number of fused-ring (bicyclic) bond motifs is 2. The minimum absolute atomic E-state index is 0.215. The number of thiophene rings is 1. The molecule has 0 amide bonds. The van der Waals surface area contributed by atoms with Crippen LogP contribution in [0, 0.1) is 0 Å². The summed E-state index contributed by atoms with van der Waals surface area (Å²) in [7, 11) is 1.36. The van der Waals surface area contributed by atoms with Crippen molar-refractivity contribution < 1.29 is 23.6 Å². The third kappa shape index (κ3) is 5.05. The predicted molar refractivity (Wildman–Crippen MR) is 102 cm³/mol. The van der Waals surface area contributed by atoms with Gasteiger partial charge in [-0.15, -0.1) is 0 Å². The molecular weight excluding hydrogens is 431 g/mol. The molecule has 4 rings (SSSR count). The van der Waals surface area contributed by atoms with Crippen LogP contribution in [-0.2, 0) is 27.3 Å². The maximum absolute atomic E-state index is 11.0. The van der Waals surface area contributed by atoms with E-state index in [9.17, 15) is 9.59 Å². The van der Waals surface area contributed by atoms with Crippen LogP contribution in [0.1, 0.15) is 28.2 Å². The molecule has 7 nitrogen and oxygen atoms in total. The Balaban J connectivity index is 0.000000177. The number of hydrogen-bond acceptors (Lipinski definition) is 8. The van der Waals surface area contributed by atoms with Crippen LogP contribution in [-0.4, -0.2) is 46.0 Å². The van der Waals surface area contributed by atoms with Crippen LogP contribution in [0.4, 0.5) is 0 Å². The number of aryl methyl sites for hydroxylation is 1. The number of carbonyl (C=O) groups is 2. The Morgan fingerprint density at radius 2 is 2.22 bits per heavy atom. The first-order valence-electron chi connectivity index (χ1n) is 8.05. The molecule has 1 atom stereocenters. The standard InChI is InChI=1S/C10H11AsN2O3S.C8H6O2/c1-15-8(14)3-2-7-12-10(13-16-7)6-4-5-17-9(6)11;9-8-7-3-1-2-6(4-7)5-10-8/h4-5H,2-3,11H2,1H3;1-4H,5H2. The van der Waals surface area contributed by atoms with E-state index in [0.717, 1.165) is 11.1 Å². The van der Waals surface area contributed by atoms with Gasteiger partial charge in [-0.2, -0.15) is 0 Å². The largest absolute Gasteiger partial charge is 0.457 e. The average molecular weight is 448 g/mol. The Bertz CT molecular complexity index is 953. The molecule has 1 unspecified atom stereocenters. The third-order valence-electron chi connectivity index (χ3n) is 3.71. The van der Waals surface area contributed by atoms with E-state index >= 15 is 0 Å². The number of nitrogens with zero attached hydrogens (tertiary/aromatic N) is 2. The Kier molecular flexibility index (Phi) is 6.42. The molecule has 0 fully saturated rings. The molecule has 1 aliphatic heterocycles. The maximum Gasteiger partial charge on any atom is 0.338 e.